The van der Waals surface area contributed by atoms with Gasteiger partial charge in [0, 0.05) is 23.6 Å². The molecule has 0 spiro atoms. The SMILES string of the molecule is CCOC1C(O)CC1Oc1cc(Cl)c(Br)cc1Cl. The Hall–Kier alpha value is -0.0000000000000000555. The lowest BCUT2D eigenvalue weighted by Gasteiger charge is -2.40. The third kappa shape index (κ3) is 2.94. The lowest BCUT2D eigenvalue weighted by molar-refractivity contribution is -0.160. The molecule has 1 saturated carbocycles. The van der Waals surface area contributed by atoms with Gasteiger partial charge in [-0.15, -0.1) is 0 Å². The first-order valence-corrected chi connectivity index (χ1v) is 7.18. The summed E-state index contributed by atoms with van der Waals surface area (Å²) in [5, 5.41) is 10.6. The second kappa shape index (κ2) is 5.97. The fraction of sp³-hybridized carbons (Fsp3) is 0.500. The van der Waals surface area contributed by atoms with Gasteiger partial charge in [0.05, 0.1) is 16.1 Å². The Bertz CT molecular complexity index is 442. The summed E-state index contributed by atoms with van der Waals surface area (Å²) in [6.45, 7) is 2.42. The molecule has 3 atom stereocenters. The van der Waals surface area contributed by atoms with Crippen LogP contribution >= 0.6 is 39.1 Å². The molecule has 0 heterocycles. The number of rotatable bonds is 4. The molecule has 2 rings (SSSR count). The molecule has 1 aromatic rings. The van der Waals surface area contributed by atoms with Crippen molar-refractivity contribution in [3.8, 4) is 5.75 Å². The maximum Gasteiger partial charge on any atom is 0.140 e. The van der Waals surface area contributed by atoms with E-state index in [1.54, 1.807) is 12.1 Å². The van der Waals surface area contributed by atoms with E-state index < -0.39 is 6.10 Å². The van der Waals surface area contributed by atoms with Crippen molar-refractivity contribution in [1.29, 1.82) is 0 Å². The van der Waals surface area contributed by atoms with Crippen LogP contribution < -0.4 is 4.74 Å². The van der Waals surface area contributed by atoms with E-state index >= 15 is 0 Å². The normalized spacial score (nSPS) is 26.8. The Labute approximate surface area is 124 Å². The molecule has 3 unspecified atom stereocenters. The molecule has 3 nitrogen and oxygen atoms in total. The van der Waals surface area contributed by atoms with Crippen LogP contribution in [-0.4, -0.2) is 30.0 Å². The molecule has 0 aromatic heterocycles. The van der Waals surface area contributed by atoms with Gasteiger partial charge in [-0.1, -0.05) is 23.2 Å². The highest BCUT2D eigenvalue weighted by Crippen LogP contribution is 2.37. The highest BCUT2D eigenvalue weighted by molar-refractivity contribution is 9.10. The van der Waals surface area contributed by atoms with Crippen LogP contribution in [0.1, 0.15) is 13.3 Å². The van der Waals surface area contributed by atoms with Crippen LogP contribution in [0.2, 0.25) is 10.0 Å². The molecule has 1 N–H and O–H groups in total. The van der Waals surface area contributed by atoms with Gasteiger partial charge in [-0.2, -0.15) is 0 Å². The highest BCUT2D eigenvalue weighted by atomic mass is 79.9. The summed E-state index contributed by atoms with van der Waals surface area (Å²) in [6.07, 6.45) is -0.419. The first kappa shape index (κ1) is 14.4. The topological polar surface area (TPSA) is 38.7 Å². The second-order valence-electron chi connectivity index (χ2n) is 4.08. The molecule has 1 fully saturated rings. The molecule has 1 aromatic carbocycles. The summed E-state index contributed by atoms with van der Waals surface area (Å²) in [5.74, 6) is 0.506. The summed E-state index contributed by atoms with van der Waals surface area (Å²) in [5.41, 5.74) is 0. The first-order valence-electron chi connectivity index (χ1n) is 5.63. The fourth-order valence-corrected chi connectivity index (χ4v) is 2.68. The zero-order valence-corrected chi connectivity index (χ0v) is 12.8. The van der Waals surface area contributed by atoms with E-state index in [2.05, 4.69) is 15.9 Å². The largest absolute Gasteiger partial charge is 0.486 e. The summed E-state index contributed by atoms with van der Waals surface area (Å²) < 4.78 is 11.9. The molecule has 0 bridgehead atoms. The Morgan fingerprint density at radius 2 is 2.11 bits per heavy atom. The van der Waals surface area contributed by atoms with Gasteiger partial charge in [-0.3, -0.25) is 0 Å². The standard InChI is InChI=1S/C12H13BrCl2O3/c1-2-17-12-9(16)5-11(12)18-10-4-7(14)6(13)3-8(10)15/h3-4,9,11-12,16H,2,5H2,1H3. The van der Waals surface area contributed by atoms with Crippen LogP contribution in [0.5, 0.6) is 5.75 Å². The number of hydrogen-bond donors (Lipinski definition) is 1. The fourth-order valence-electron chi connectivity index (χ4n) is 1.84. The Kier molecular flexibility index (Phi) is 4.78. The molecule has 18 heavy (non-hydrogen) atoms. The minimum Gasteiger partial charge on any atom is -0.486 e. The number of ether oxygens (including phenoxy) is 2. The van der Waals surface area contributed by atoms with Crippen LogP contribution in [0.3, 0.4) is 0 Å². The quantitative estimate of drug-likeness (QED) is 0.837. The van der Waals surface area contributed by atoms with Gasteiger partial charge in [-0.05, 0) is 28.9 Å². The van der Waals surface area contributed by atoms with Gasteiger partial charge in [0.15, 0.2) is 0 Å². The summed E-state index contributed by atoms with van der Waals surface area (Å²) in [6, 6.07) is 3.34. The van der Waals surface area contributed by atoms with Gasteiger partial charge in [0.25, 0.3) is 0 Å². The van der Waals surface area contributed by atoms with Gasteiger partial charge < -0.3 is 14.6 Å². The average Bonchev–Trinajstić information content (AvgIpc) is 2.32. The van der Waals surface area contributed by atoms with Crippen molar-refractivity contribution in [2.24, 2.45) is 0 Å². The molecule has 6 heteroatoms. The van der Waals surface area contributed by atoms with Crippen LogP contribution in [0.4, 0.5) is 0 Å². The summed E-state index contributed by atoms with van der Waals surface area (Å²) >= 11 is 15.3. The Balaban J connectivity index is 2.08. The van der Waals surface area contributed by atoms with Gasteiger partial charge in [0.2, 0.25) is 0 Å². The predicted octanol–water partition coefficient (Wildman–Crippen LogP) is 3.67. The Morgan fingerprint density at radius 3 is 2.72 bits per heavy atom. The van der Waals surface area contributed by atoms with Crippen molar-refractivity contribution >= 4 is 39.1 Å². The van der Waals surface area contributed by atoms with E-state index in [9.17, 15) is 5.11 Å². The lowest BCUT2D eigenvalue weighted by Crippen LogP contribution is -2.55. The van der Waals surface area contributed by atoms with E-state index in [1.807, 2.05) is 6.92 Å². The van der Waals surface area contributed by atoms with Gasteiger partial charge in [-0.25, -0.2) is 0 Å². The molecule has 0 radical (unpaired) electrons. The number of aliphatic hydroxyl groups excluding tert-OH is 1. The number of halogens is 3. The van der Waals surface area contributed by atoms with Crippen LogP contribution in [0, 0.1) is 0 Å². The van der Waals surface area contributed by atoms with Gasteiger partial charge >= 0.3 is 0 Å². The third-order valence-electron chi connectivity index (χ3n) is 2.83. The molecule has 0 saturated heterocycles. The van der Waals surface area contributed by atoms with Crippen LogP contribution in [0.25, 0.3) is 0 Å². The molecular weight excluding hydrogens is 343 g/mol. The van der Waals surface area contributed by atoms with Crippen LogP contribution in [0.15, 0.2) is 16.6 Å². The lowest BCUT2D eigenvalue weighted by atomic mass is 9.88. The zero-order chi connectivity index (χ0) is 13.3. The first-order chi connectivity index (χ1) is 8.52. The second-order valence-corrected chi connectivity index (χ2v) is 5.74. The molecular formula is C12H13BrCl2O3. The van der Waals surface area contributed by atoms with Crippen molar-refractivity contribution in [2.45, 2.75) is 31.7 Å². The minimum absolute atomic E-state index is 0.185. The maximum absolute atomic E-state index is 9.58. The number of hydrogen-bond acceptors (Lipinski definition) is 3. The molecule has 1 aliphatic carbocycles. The maximum atomic E-state index is 9.58. The molecule has 0 aliphatic heterocycles. The van der Waals surface area contributed by atoms with E-state index in [-0.39, 0.29) is 12.2 Å². The van der Waals surface area contributed by atoms with E-state index in [0.29, 0.717) is 28.8 Å². The third-order valence-corrected chi connectivity index (χ3v) is 4.32. The van der Waals surface area contributed by atoms with Crippen molar-refractivity contribution in [1.82, 2.24) is 0 Å². The Morgan fingerprint density at radius 1 is 1.39 bits per heavy atom. The number of aliphatic hydroxyl groups is 1. The molecule has 1 aliphatic rings. The van der Waals surface area contributed by atoms with Crippen molar-refractivity contribution in [2.75, 3.05) is 6.61 Å². The minimum atomic E-state index is -0.473. The average molecular weight is 356 g/mol. The van der Waals surface area contributed by atoms with Crippen molar-refractivity contribution in [3.05, 3.63) is 26.7 Å². The molecule has 100 valence electrons. The molecule has 0 amide bonds. The monoisotopic (exact) mass is 354 g/mol. The zero-order valence-electron chi connectivity index (χ0n) is 9.70. The van der Waals surface area contributed by atoms with Gasteiger partial charge in [0.1, 0.15) is 18.0 Å². The van der Waals surface area contributed by atoms with Crippen molar-refractivity contribution in [3.63, 3.8) is 0 Å². The van der Waals surface area contributed by atoms with E-state index in [0.717, 1.165) is 4.47 Å². The highest BCUT2D eigenvalue weighted by Gasteiger charge is 2.42. The smallest absolute Gasteiger partial charge is 0.140 e. The van der Waals surface area contributed by atoms with E-state index in [1.165, 1.54) is 0 Å². The summed E-state index contributed by atoms with van der Waals surface area (Å²) in [7, 11) is 0. The number of benzene rings is 1. The van der Waals surface area contributed by atoms with Crippen molar-refractivity contribution < 1.29 is 14.6 Å². The predicted molar refractivity (Wildman–Crippen MR) is 74.6 cm³/mol. The van der Waals surface area contributed by atoms with E-state index in [4.69, 9.17) is 32.7 Å². The van der Waals surface area contributed by atoms with Crippen LogP contribution in [-0.2, 0) is 4.74 Å². The summed E-state index contributed by atoms with van der Waals surface area (Å²) in [4.78, 5) is 0.